The first kappa shape index (κ1) is 20.2. The molecule has 7 nitrogen and oxygen atoms in total. The highest BCUT2D eigenvalue weighted by molar-refractivity contribution is 6.33. The number of halogens is 1. The number of amides is 3. The Labute approximate surface area is 170 Å². The van der Waals surface area contributed by atoms with Crippen molar-refractivity contribution in [2.24, 2.45) is 7.05 Å². The van der Waals surface area contributed by atoms with E-state index in [2.05, 4.69) is 15.7 Å². The lowest BCUT2D eigenvalue weighted by atomic mass is 9.93. The Morgan fingerprint density at radius 2 is 2.11 bits per heavy atom. The van der Waals surface area contributed by atoms with Crippen LogP contribution in [0.2, 0.25) is 5.02 Å². The van der Waals surface area contributed by atoms with Gasteiger partial charge in [-0.25, -0.2) is 4.79 Å². The fourth-order valence-corrected chi connectivity index (χ4v) is 3.53. The average Bonchev–Trinajstić information content (AvgIpc) is 3.04. The van der Waals surface area contributed by atoms with Gasteiger partial charge >= 0.3 is 6.03 Å². The van der Waals surface area contributed by atoms with E-state index in [1.54, 1.807) is 30.1 Å². The number of nitrogens with zero attached hydrogens (tertiary/aromatic N) is 3. The molecule has 0 radical (unpaired) electrons. The fourth-order valence-electron chi connectivity index (χ4n) is 3.37. The van der Waals surface area contributed by atoms with Crippen molar-refractivity contribution < 1.29 is 9.59 Å². The van der Waals surface area contributed by atoms with E-state index in [4.69, 9.17) is 11.6 Å². The molecular weight excluding hydrogens is 378 g/mol. The molecule has 2 aromatic rings. The van der Waals surface area contributed by atoms with Crippen molar-refractivity contribution in [3.05, 3.63) is 46.2 Å². The minimum atomic E-state index is -0.356. The van der Waals surface area contributed by atoms with Crippen LogP contribution in [-0.2, 0) is 13.5 Å². The van der Waals surface area contributed by atoms with E-state index in [1.807, 2.05) is 31.8 Å². The van der Waals surface area contributed by atoms with Gasteiger partial charge in [0.15, 0.2) is 0 Å². The van der Waals surface area contributed by atoms with E-state index in [-0.39, 0.29) is 24.0 Å². The fraction of sp³-hybridized carbons (Fsp3) is 0.450. The second-order valence-corrected chi connectivity index (χ2v) is 7.83. The summed E-state index contributed by atoms with van der Waals surface area (Å²) in [6, 6.07) is 4.52. The summed E-state index contributed by atoms with van der Waals surface area (Å²) in [7, 11) is 3.66. The number of aryl methyl sites for hydroxylation is 1. The Hall–Kier alpha value is -2.54. The van der Waals surface area contributed by atoms with Gasteiger partial charge in [0.25, 0.3) is 5.91 Å². The summed E-state index contributed by atoms with van der Waals surface area (Å²) in [5, 5.41) is 10.5. The smallest absolute Gasteiger partial charge is 0.319 e. The van der Waals surface area contributed by atoms with Crippen LogP contribution in [0.1, 0.15) is 54.3 Å². The number of benzene rings is 1. The van der Waals surface area contributed by atoms with Crippen LogP contribution in [-0.4, -0.2) is 39.7 Å². The van der Waals surface area contributed by atoms with Crippen molar-refractivity contribution in [1.29, 1.82) is 0 Å². The molecule has 1 unspecified atom stereocenters. The third-order valence-corrected chi connectivity index (χ3v) is 5.57. The minimum Gasteiger partial charge on any atom is -0.339 e. The Bertz CT molecular complexity index is 893. The molecule has 1 aliphatic rings. The van der Waals surface area contributed by atoms with E-state index in [0.717, 1.165) is 30.5 Å². The van der Waals surface area contributed by atoms with Crippen LogP contribution in [0.3, 0.4) is 0 Å². The molecule has 28 heavy (non-hydrogen) atoms. The van der Waals surface area contributed by atoms with Crippen LogP contribution in [0.15, 0.2) is 24.4 Å². The summed E-state index contributed by atoms with van der Waals surface area (Å²) in [5.74, 6) is -0.123. The van der Waals surface area contributed by atoms with Crippen LogP contribution in [0.4, 0.5) is 10.5 Å². The van der Waals surface area contributed by atoms with E-state index in [9.17, 15) is 9.59 Å². The third-order valence-electron chi connectivity index (χ3n) is 5.24. The molecule has 3 rings (SSSR count). The molecule has 1 aromatic heterocycles. The number of hydrogen-bond donors (Lipinski definition) is 2. The molecule has 0 saturated heterocycles. The van der Waals surface area contributed by atoms with Gasteiger partial charge in [-0.2, -0.15) is 5.10 Å². The number of carbonyl (C=O) groups is 2. The highest BCUT2D eigenvalue weighted by Gasteiger charge is 2.25. The minimum absolute atomic E-state index is 0.0721. The number of carbonyl (C=O) groups excluding carboxylic acids is 2. The molecule has 1 heterocycles. The lowest BCUT2D eigenvalue weighted by Gasteiger charge is -2.24. The highest BCUT2D eigenvalue weighted by atomic mass is 35.5. The molecule has 2 N–H and O–H groups in total. The van der Waals surface area contributed by atoms with E-state index in [0.29, 0.717) is 16.3 Å². The Morgan fingerprint density at radius 1 is 1.36 bits per heavy atom. The molecule has 150 valence electrons. The maximum atomic E-state index is 12.6. The molecule has 8 heteroatoms. The topological polar surface area (TPSA) is 79.3 Å². The van der Waals surface area contributed by atoms with Gasteiger partial charge < -0.3 is 15.5 Å². The number of fused-ring (bicyclic) bond motifs is 1. The second kappa shape index (κ2) is 8.22. The summed E-state index contributed by atoms with van der Waals surface area (Å²) < 4.78 is 1.86. The third kappa shape index (κ3) is 4.14. The lowest BCUT2D eigenvalue weighted by Crippen LogP contribution is -2.35. The number of anilines is 1. The Kier molecular flexibility index (Phi) is 5.93. The molecule has 1 atom stereocenters. The summed E-state index contributed by atoms with van der Waals surface area (Å²) >= 11 is 6.23. The summed E-state index contributed by atoms with van der Waals surface area (Å²) in [6.45, 7) is 3.88. The molecule has 0 bridgehead atoms. The largest absolute Gasteiger partial charge is 0.339 e. The molecule has 0 fully saturated rings. The van der Waals surface area contributed by atoms with Crippen LogP contribution < -0.4 is 10.6 Å². The number of nitrogens with one attached hydrogen (secondary N) is 2. The first-order valence-electron chi connectivity index (χ1n) is 9.43. The zero-order chi connectivity index (χ0) is 20.4. The van der Waals surface area contributed by atoms with Crippen LogP contribution in [0, 0.1) is 0 Å². The zero-order valence-corrected chi connectivity index (χ0v) is 17.4. The van der Waals surface area contributed by atoms with Crippen molar-refractivity contribution in [3.63, 3.8) is 0 Å². The van der Waals surface area contributed by atoms with Crippen LogP contribution in [0.25, 0.3) is 0 Å². The van der Waals surface area contributed by atoms with Crippen LogP contribution in [0.5, 0.6) is 0 Å². The number of rotatable bonds is 4. The second-order valence-electron chi connectivity index (χ2n) is 7.42. The predicted octanol–water partition coefficient (Wildman–Crippen LogP) is 3.75. The predicted molar refractivity (Wildman–Crippen MR) is 110 cm³/mol. The Morgan fingerprint density at radius 3 is 2.82 bits per heavy atom. The highest BCUT2D eigenvalue weighted by Crippen LogP contribution is 2.29. The monoisotopic (exact) mass is 403 g/mol. The van der Waals surface area contributed by atoms with Crippen molar-refractivity contribution in [3.8, 4) is 0 Å². The number of urea groups is 1. The molecule has 0 spiro atoms. The normalized spacial score (nSPS) is 15.9. The summed E-state index contributed by atoms with van der Waals surface area (Å²) in [4.78, 5) is 26.7. The summed E-state index contributed by atoms with van der Waals surface area (Å²) in [5.41, 5.74) is 3.09. The van der Waals surface area contributed by atoms with Gasteiger partial charge in [-0.05, 0) is 51.3 Å². The standard InChI is InChI=1S/C20H26ClN5O2/c1-12(2)25(3)19(27)13-8-9-15(21)17(10-13)24-20(28)23-16-6-5-7-18-14(16)11-22-26(18)4/h8-12,16H,5-7H2,1-4H3,(H2,23,24,28). The first-order chi connectivity index (χ1) is 13.3. The van der Waals surface area contributed by atoms with Gasteiger partial charge in [-0.3, -0.25) is 9.48 Å². The zero-order valence-electron chi connectivity index (χ0n) is 16.6. The van der Waals surface area contributed by atoms with Gasteiger partial charge in [0, 0.05) is 37.0 Å². The average molecular weight is 404 g/mol. The maximum Gasteiger partial charge on any atom is 0.319 e. The van der Waals surface area contributed by atoms with Crippen molar-refractivity contribution in [1.82, 2.24) is 20.0 Å². The summed E-state index contributed by atoms with van der Waals surface area (Å²) in [6.07, 6.45) is 4.62. The molecular formula is C20H26ClN5O2. The van der Waals surface area contributed by atoms with Gasteiger partial charge in [-0.1, -0.05) is 11.6 Å². The number of hydrogen-bond acceptors (Lipinski definition) is 3. The van der Waals surface area contributed by atoms with Gasteiger partial charge in [-0.15, -0.1) is 0 Å². The van der Waals surface area contributed by atoms with Gasteiger partial charge in [0.2, 0.25) is 0 Å². The SMILES string of the molecule is CC(C)N(C)C(=O)c1ccc(Cl)c(NC(=O)NC2CCCc3c2cnn3C)c1. The van der Waals surface area contributed by atoms with Crippen molar-refractivity contribution in [2.45, 2.75) is 45.2 Å². The Balaban J connectivity index is 1.72. The first-order valence-corrected chi connectivity index (χ1v) is 9.80. The molecule has 0 saturated carbocycles. The van der Waals surface area contributed by atoms with Gasteiger partial charge in [0.05, 0.1) is 22.9 Å². The van der Waals surface area contributed by atoms with E-state index < -0.39 is 0 Å². The quantitative estimate of drug-likeness (QED) is 0.815. The molecule has 0 aliphatic heterocycles. The van der Waals surface area contributed by atoms with Crippen molar-refractivity contribution >= 4 is 29.2 Å². The number of aromatic nitrogens is 2. The van der Waals surface area contributed by atoms with Crippen LogP contribution >= 0.6 is 11.6 Å². The van der Waals surface area contributed by atoms with E-state index in [1.165, 1.54) is 0 Å². The molecule has 3 amide bonds. The molecule has 1 aliphatic carbocycles. The van der Waals surface area contributed by atoms with Crippen molar-refractivity contribution in [2.75, 3.05) is 12.4 Å². The van der Waals surface area contributed by atoms with E-state index >= 15 is 0 Å². The van der Waals surface area contributed by atoms with Gasteiger partial charge in [0.1, 0.15) is 0 Å². The maximum absolute atomic E-state index is 12.6. The lowest BCUT2D eigenvalue weighted by molar-refractivity contribution is 0.0755. The molecule has 1 aromatic carbocycles.